The lowest BCUT2D eigenvalue weighted by Crippen LogP contribution is -2.49. The molecule has 250 valence electrons. The van der Waals surface area contributed by atoms with Crippen LogP contribution in [0.1, 0.15) is 52.0 Å². The third kappa shape index (κ3) is 7.83. The number of nitrogens with zero attached hydrogens (tertiary/aromatic N) is 6. The van der Waals surface area contributed by atoms with Crippen molar-refractivity contribution in [3.8, 4) is 23.0 Å². The molecule has 6 rings (SSSR count). The molecule has 47 heavy (non-hydrogen) atoms. The normalized spacial score (nSPS) is 17.2. The van der Waals surface area contributed by atoms with Gasteiger partial charge in [0.25, 0.3) is 0 Å². The summed E-state index contributed by atoms with van der Waals surface area (Å²) in [6.07, 6.45) is 3.97. The number of alkyl halides is 3. The summed E-state index contributed by atoms with van der Waals surface area (Å²) < 4.78 is 56.0. The van der Waals surface area contributed by atoms with E-state index in [4.69, 9.17) is 24.4 Å². The summed E-state index contributed by atoms with van der Waals surface area (Å²) in [7, 11) is 0. The van der Waals surface area contributed by atoms with Crippen LogP contribution < -0.4 is 14.4 Å². The molecule has 5 heterocycles. The zero-order valence-electron chi connectivity index (χ0n) is 26.9. The molecule has 0 saturated carbocycles. The minimum atomic E-state index is -4.41. The van der Waals surface area contributed by atoms with Crippen LogP contribution in [0.4, 0.5) is 24.8 Å². The molecule has 0 amide bonds. The quantitative estimate of drug-likeness (QED) is 0.207. The molecule has 0 aliphatic carbocycles. The molecule has 1 saturated heterocycles. The van der Waals surface area contributed by atoms with E-state index in [0.717, 1.165) is 94.2 Å². The number of pyridine rings is 1. The number of halogens is 3. The van der Waals surface area contributed by atoms with Crippen molar-refractivity contribution in [3.05, 3.63) is 66.5 Å². The number of anilines is 2. The zero-order chi connectivity index (χ0) is 33.1. The van der Waals surface area contributed by atoms with Gasteiger partial charge in [-0.25, -0.2) is 19.6 Å². The molecule has 13 heteroatoms. The number of aryl methyl sites for hydroxylation is 1. The lowest BCUT2D eigenvalue weighted by Gasteiger charge is -2.42. The first-order chi connectivity index (χ1) is 22.5. The van der Waals surface area contributed by atoms with Crippen molar-refractivity contribution in [2.75, 3.05) is 42.5 Å². The average Bonchev–Trinajstić information content (AvgIpc) is 3.51. The van der Waals surface area contributed by atoms with Crippen molar-refractivity contribution in [1.82, 2.24) is 24.7 Å². The van der Waals surface area contributed by atoms with Gasteiger partial charge in [0.1, 0.15) is 23.1 Å². The predicted octanol–water partition coefficient (Wildman–Crippen LogP) is 7.77. The number of benzene rings is 1. The minimum absolute atomic E-state index is 0.0745. The number of hydrogen-bond acceptors (Lipinski definition) is 9. The van der Waals surface area contributed by atoms with Crippen LogP contribution in [0.2, 0.25) is 0 Å². The van der Waals surface area contributed by atoms with E-state index >= 15 is 0 Å². The largest absolute Gasteiger partial charge is 0.476 e. The first-order valence-electron chi connectivity index (χ1n) is 15.9. The van der Waals surface area contributed by atoms with Crippen LogP contribution in [0.15, 0.2) is 66.0 Å². The minimum Gasteiger partial charge on any atom is -0.476 e. The van der Waals surface area contributed by atoms with Gasteiger partial charge in [0, 0.05) is 48.3 Å². The Hall–Kier alpha value is -3.84. The van der Waals surface area contributed by atoms with Gasteiger partial charge in [0.05, 0.1) is 24.8 Å². The molecule has 1 fully saturated rings. The molecule has 9 nitrogen and oxygen atoms in total. The van der Waals surface area contributed by atoms with Gasteiger partial charge in [-0.3, -0.25) is 0 Å². The Labute approximate surface area is 277 Å². The number of ether oxygens (including phenoxy) is 2. The standard InChI is InChI=1S/C34H40F3N7O2S/c1-32(2,34(35,36)37)21-46-28-16-18-44(41-28)31-30-25-13-8-7-12-24(25)11-6-4-5-9-17-43(20-33(3)22-45-23-33)27-14-10-15-29(40-27)47-42-26(39-30)19-38-31/h7-8,10,12-16,18-19H,4-6,9,11,17,20-23H2,1-3H3,(H,39,42). The second-order valence-electron chi connectivity index (χ2n) is 13.3. The highest BCUT2D eigenvalue weighted by Gasteiger charge is 2.48. The van der Waals surface area contributed by atoms with Gasteiger partial charge in [-0.05, 0) is 50.8 Å². The van der Waals surface area contributed by atoms with Gasteiger partial charge in [0.15, 0.2) is 11.6 Å². The smallest absolute Gasteiger partial charge is 0.397 e. The first kappa shape index (κ1) is 33.1. The summed E-state index contributed by atoms with van der Waals surface area (Å²) in [6.45, 7) is 7.26. The van der Waals surface area contributed by atoms with Crippen LogP contribution in [0.5, 0.6) is 5.88 Å². The molecule has 0 spiro atoms. The second kappa shape index (κ2) is 13.7. The van der Waals surface area contributed by atoms with E-state index in [2.05, 4.69) is 33.8 Å². The highest BCUT2D eigenvalue weighted by atomic mass is 32.2. The fourth-order valence-corrected chi connectivity index (χ4v) is 6.17. The van der Waals surface area contributed by atoms with Gasteiger partial charge in [-0.15, -0.1) is 5.10 Å². The molecule has 4 bridgehead atoms. The number of hydrogen-bond donors (Lipinski definition) is 1. The van der Waals surface area contributed by atoms with Crippen molar-refractivity contribution < 1.29 is 22.6 Å². The Morgan fingerprint density at radius 3 is 2.60 bits per heavy atom. The van der Waals surface area contributed by atoms with E-state index < -0.39 is 18.2 Å². The van der Waals surface area contributed by atoms with E-state index in [1.807, 2.05) is 30.3 Å². The molecule has 4 aromatic rings. The van der Waals surface area contributed by atoms with Crippen molar-refractivity contribution in [2.45, 2.75) is 64.1 Å². The summed E-state index contributed by atoms with van der Waals surface area (Å²) in [5.41, 5.74) is 0.763. The SMILES string of the molecule is CC1(CN2CCCCCCc3ccccc3-c3nc(cnc3-n3ccc(OCC(C)(C)C(F)(F)F)n3)NSc3cccc2n3)COC1. The van der Waals surface area contributed by atoms with Crippen molar-refractivity contribution in [2.24, 2.45) is 10.8 Å². The Kier molecular flexibility index (Phi) is 9.65. The number of fused-ring (bicyclic) bond motifs is 6. The lowest BCUT2D eigenvalue weighted by atomic mass is 9.88. The van der Waals surface area contributed by atoms with Crippen LogP contribution in [-0.4, -0.2) is 63.8 Å². The first-order valence-corrected chi connectivity index (χ1v) is 16.7. The van der Waals surface area contributed by atoms with E-state index in [-0.39, 0.29) is 11.3 Å². The number of nitrogens with one attached hydrogen (secondary N) is 1. The Bertz CT molecular complexity index is 1680. The maximum absolute atomic E-state index is 13.4. The summed E-state index contributed by atoms with van der Waals surface area (Å²) >= 11 is 1.36. The third-order valence-electron chi connectivity index (χ3n) is 8.55. The molecule has 2 aliphatic heterocycles. The molecular weight excluding hydrogens is 627 g/mol. The molecule has 1 aromatic carbocycles. The third-order valence-corrected chi connectivity index (χ3v) is 9.29. The Morgan fingerprint density at radius 1 is 1.00 bits per heavy atom. The number of aromatic nitrogens is 5. The molecule has 0 radical (unpaired) electrons. The predicted molar refractivity (Wildman–Crippen MR) is 177 cm³/mol. The summed E-state index contributed by atoms with van der Waals surface area (Å²) in [6, 6.07) is 15.7. The molecule has 2 aliphatic rings. The van der Waals surface area contributed by atoms with Crippen LogP contribution in [0, 0.1) is 10.8 Å². The van der Waals surface area contributed by atoms with E-state index in [1.54, 1.807) is 12.4 Å². The number of rotatable bonds is 6. The van der Waals surface area contributed by atoms with Crippen LogP contribution in [-0.2, 0) is 11.2 Å². The van der Waals surface area contributed by atoms with E-state index in [9.17, 15) is 13.2 Å². The second-order valence-corrected chi connectivity index (χ2v) is 14.1. The molecule has 0 unspecified atom stereocenters. The van der Waals surface area contributed by atoms with Crippen LogP contribution in [0.25, 0.3) is 17.1 Å². The highest BCUT2D eigenvalue weighted by Crippen LogP contribution is 2.38. The van der Waals surface area contributed by atoms with E-state index in [1.165, 1.54) is 22.7 Å². The summed E-state index contributed by atoms with van der Waals surface area (Å²) in [5, 5.41) is 5.23. The molecule has 1 N–H and O–H groups in total. The Balaban J connectivity index is 1.30. The lowest BCUT2D eigenvalue weighted by molar-refractivity contribution is -0.219. The Morgan fingerprint density at radius 2 is 1.81 bits per heavy atom. The maximum Gasteiger partial charge on any atom is 0.397 e. The highest BCUT2D eigenvalue weighted by molar-refractivity contribution is 8.00. The van der Waals surface area contributed by atoms with Crippen molar-refractivity contribution >= 4 is 23.6 Å². The van der Waals surface area contributed by atoms with Gasteiger partial charge in [0.2, 0.25) is 5.88 Å². The fourth-order valence-electron chi connectivity index (χ4n) is 5.58. The zero-order valence-corrected chi connectivity index (χ0v) is 27.7. The van der Waals surface area contributed by atoms with E-state index in [0.29, 0.717) is 17.3 Å². The summed E-state index contributed by atoms with van der Waals surface area (Å²) in [5.74, 6) is 2.00. The average molecular weight is 668 g/mol. The van der Waals surface area contributed by atoms with Crippen molar-refractivity contribution in [3.63, 3.8) is 0 Å². The van der Waals surface area contributed by atoms with Gasteiger partial charge >= 0.3 is 6.18 Å². The maximum atomic E-state index is 13.4. The van der Waals surface area contributed by atoms with Gasteiger partial charge < -0.3 is 19.1 Å². The topological polar surface area (TPSA) is 90.2 Å². The van der Waals surface area contributed by atoms with Gasteiger partial charge in [-0.2, -0.15) is 13.2 Å². The fraction of sp³-hybridized carbons (Fsp3) is 0.471. The molecule has 3 aromatic heterocycles. The molecular formula is C34H40F3N7O2S. The van der Waals surface area contributed by atoms with Crippen LogP contribution >= 0.6 is 11.9 Å². The molecule has 0 atom stereocenters. The van der Waals surface area contributed by atoms with Crippen molar-refractivity contribution in [1.29, 1.82) is 0 Å². The monoisotopic (exact) mass is 667 g/mol. The summed E-state index contributed by atoms with van der Waals surface area (Å²) in [4.78, 5) is 17.1. The van der Waals surface area contributed by atoms with Crippen LogP contribution in [0.3, 0.4) is 0 Å². The van der Waals surface area contributed by atoms with Gasteiger partial charge in [-0.1, -0.05) is 50.1 Å².